The van der Waals surface area contributed by atoms with Crippen molar-refractivity contribution in [3.63, 3.8) is 0 Å². The number of hydrogen-bond donors (Lipinski definition) is 1. The van der Waals surface area contributed by atoms with Gasteiger partial charge in [0.15, 0.2) is 0 Å². The lowest BCUT2D eigenvalue weighted by atomic mass is 9.92. The Labute approximate surface area is 100 Å². The summed E-state index contributed by atoms with van der Waals surface area (Å²) in [6.07, 6.45) is 1.24. The van der Waals surface area contributed by atoms with E-state index in [2.05, 4.69) is 30.6 Å². The van der Waals surface area contributed by atoms with E-state index in [9.17, 15) is 5.11 Å². The van der Waals surface area contributed by atoms with Crippen LogP contribution in [0.3, 0.4) is 0 Å². The molecular weight excluding hydrogens is 200 g/mol. The van der Waals surface area contributed by atoms with E-state index in [0.29, 0.717) is 5.92 Å². The van der Waals surface area contributed by atoms with Crippen LogP contribution in [0.2, 0.25) is 0 Å². The number of hydrogen-bond acceptors (Lipinski definition) is 3. The fraction of sp³-hybridized carbons (Fsp3) is 1.00. The first kappa shape index (κ1) is 13.9. The SMILES string of the molecule is CCCN1CCN(CC(C)(O)C(C)C)CC1. The third-order valence-electron chi connectivity index (χ3n) is 3.79. The number of aliphatic hydroxyl groups is 1. The van der Waals surface area contributed by atoms with Crippen molar-refractivity contribution in [2.24, 2.45) is 5.92 Å². The van der Waals surface area contributed by atoms with Gasteiger partial charge >= 0.3 is 0 Å². The van der Waals surface area contributed by atoms with Crippen LogP contribution in [0.5, 0.6) is 0 Å². The minimum absolute atomic E-state index is 0.321. The third kappa shape index (κ3) is 4.04. The van der Waals surface area contributed by atoms with Gasteiger partial charge < -0.3 is 10.0 Å². The molecule has 0 saturated carbocycles. The molecule has 1 aliphatic rings. The van der Waals surface area contributed by atoms with Gasteiger partial charge in [0, 0.05) is 32.7 Å². The van der Waals surface area contributed by atoms with E-state index < -0.39 is 5.60 Å². The molecule has 1 heterocycles. The molecule has 0 aliphatic carbocycles. The zero-order valence-electron chi connectivity index (χ0n) is 11.4. The van der Waals surface area contributed by atoms with Gasteiger partial charge in [0.25, 0.3) is 0 Å². The summed E-state index contributed by atoms with van der Waals surface area (Å²) in [5.74, 6) is 0.321. The normalized spacial score (nSPS) is 23.6. The highest BCUT2D eigenvalue weighted by molar-refractivity contribution is 4.83. The van der Waals surface area contributed by atoms with E-state index in [-0.39, 0.29) is 0 Å². The molecule has 1 fully saturated rings. The second-order valence-electron chi connectivity index (χ2n) is 5.63. The van der Waals surface area contributed by atoms with Crippen molar-refractivity contribution in [1.29, 1.82) is 0 Å². The van der Waals surface area contributed by atoms with Gasteiger partial charge in [-0.15, -0.1) is 0 Å². The number of rotatable bonds is 5. The maximum Gasteiger partial charge on any atom is 0.0768 e. The van der Waals surface area contributed by atoms with E-state index in [4.69, 9.17) is 0 Å². The van der Waals surface area contributed by atoms with Gasteiger partial charge in [0.05, 0.1) is 5.60 Å². The van der Waals surface area contributed by atoms with E-state index in [1.807, 2.05) is 6.92 Å². The maximum atomic E-state index is 10.3. The highest BCUT2D eigenvalue weighted by Crippen LogP contribution is 2.18. The number of nitrogens with zero attached hydrogens (tertiary/aromatic N) is 2. The third-order valence-corrected chi connectivity index (χ3v) is 3.79. The fourth-order valence-electron chi connectivity index (χ4n) is 2.12. The Kier molecular flexibility index (Phi) is 5.22. The summed E-state index contributed by atoms with van der Waals surface area (Å²) in [5.41, 5.74) is -0.549. The van der Waals surface area contributed by atoms with E-state index in [1.54, 1.807) is 0 Å². The Morgan fingerprint density at radius 2 is 1.62 bits per heavy atom. The van der Waals surface area contributed by atoms with Crippen molar-refractivity contribution in [1.82, 2.24) is 9.80 Å². The summed E-state index contributed by atoms with van der Waals surface area (Å²) in [4.78, 5) is 4.91. The summed E-state index contributed by atoms with van der Waals surface area (Å²) in [6.45, 7) is 14.9. The molecule has 3 heteroatoms. The van der Waals surface area contributed by atoms with Crippen molar-refractivity contribution in [2.45, 2.75) is 39.7 Å². The molecule has 1 atom stereocenters. The van der Waals surface area contributed by atoms with Crippen LogP contribution >= 0.6 is 0 Å². The molecule has 0 bridgehead atoms. The molecule has 0 amide bonds. The Bertz CT molecular complexity index is 196. The summed E-state index contributed by atoms with van der Waals surface area (Å²) in [5, 5.41) is 10.3. The minimum Gasteiger partial charge on any atom is -0.389 e. The summed E-state index contributed by atoms with van der Waals surface area (Å²) >= 11 is 0. The lowest BCUT2D eigenvalue weighted by molar-refractivity contribution is -0.0289. The lowest BCUT2D eigenvalue weighted by Gasteiger charge is -2.39. The van der Waals surface area contributed by atoms with E-state index in [1.165, 1.54) is 13.0 Å². The topological polar surface area (TPSA) is 26.7 Å². The van der Waals surface area contributed by atoms with Crippen LogP contribution in [0.4, 0.5) is 0 Å². The van der Waals surface area contributed by atoms with Gasteiger partial charge in [-0.25, -0.2) is 0 Å². The van der Waals surface area contributed by atoms with E-state index >= 15 is 0 Å². The zero-order valence-corrected chi connectivity index (χ0v) is 11.4. The van der Waals surface area contributed by atoms with E-state index in [0.717, 1.165) is 32.7 Å². The molecule has 0 spiro atoms. The Hall–Kier alpha value is -0.120. The van der Waals surface area contributed by atoms with Crippen LogP contribution in [0.25, 0.3) is 0 Å². The molecule has 0 aromatic rings. The van der Waals surface area contributed by atoms with Crippen molar-refractivity contribution in [2.75, 3.05) is 39.3 Å². The minimum atomic E-state index is -0.549. The molecule has 0 aromatic carbocycles. The molecule has 1 aliphatic heterocycles. The van der Waals surface area contributed by atoms with Crippen LogP contribution in [-0.4, -0.2) is 59.8 Å². The van der Waals surface area contributed by atoms with Gasteiger partial charge in [-0.05, 0) is 25.8 Å². The molecule has 0 radical (unpaired) electrons. The zero-order chi connectivity index (χ0) is 12.2. The molecule has 3 nitrogen and oxygen atoms in total. The summed E-state index contributed by atoms with van der Waals surface area (Å²) < 4.78 is 0. The van der Waals surface area contributed by atoms with Crippen LogP contribution in [-0.2, 0) is 0 Å². The Balaban J connectivity index is 2.32. The quantitative estimate of drug-likeness (QED) is 0.771. The van der Waals surface area contributed by atoms with Crippen molar-refractivity contribution < 1.29 is 5.11 Å². The predicted molar refractivity (Wildman–Crippen MR) is 68.6 cm³/mol. The van der Waals surface area contributed by atoms with Gasteiger partial charge in [0.2, 0.25) is 0 Å². The average molecular weight is 228 g/mol. The lowest BCUT2D eigenvalue weighted by Crippen LogP contribution is -2.52. The molecule has 1 rings (SSSR count). The second-order valence-corrected chi connectivity index (χ2v) is 5.63. The van der Waals surface area contributed by atoms with Crippen LogP contribution in [0, 0.1) is 5.92 Å². The smallest absolute Gasteiger partial charge is 0.0768 e. The first-order valence-electron chi connectivity index (χ1n) is 6.63. The van der Waals surface area contributed by atoms with Gasteiger partial charge in [-0.1, -0.05) is 20.8 Å². The van der Waals surface area contributed by atoms with Crippen molar-refractivity contribution in [3.8, 4) is 0 Å². The van der Waals surface area contributed by atoms with Crippen LogP contribution < -0.4 is 0 Å². The highest BCUT2D eigenvalue weighted by Gasteiger charge is 2.29. The van der Waals surface area contributed by atoms with Crippen LogP contribution in [0.15, 0.2) is 0 Å². The van der Waals surface area contributed by atoms with Gasteiger partial charge in [-0.3, -0.25) is 4.90 Å². The first-order valence-corrected chi connectivity index (χ1v) is 6.63. The largest absolute Gasteiger partial charge is 0.389 e. The molecule has 16 heavy (non-hydrogen) atoms. The monoisotopic (exact) mass is 228 g/mol. The number of piperazine rings is 1. The Morgan fingerprint density at radius 3 is 2.06 bits per heavy atom. The van der Waals surface area contributed by atoms with Crippen LogP contribution in [0.1, 0.15) is 34.1 Å². The maximum absolute atomic E-state index is 10.3. The van der Waals surface area contributed by atoms with Crippen molar-refractivity contribution >= 4 is 0 Å². The molecule has 0 aromatic heterocycles. The Morgan fingerprint density at radius 1 is 1.12 bits per heavy atom. The second kappa shape index (κ2) is 5.99. The standard InChI is InChI=1S/C13H28N2O/c1-5-6-14-7-9-15(10-8-14)11-13(4,16)12(2)3/h12,16H,5-11H2,1-4H3. The number of β-amino-alcohol motifs (C(OH)–C–C–N with tert-alkyl or cyclic N) is 1. The van der Waals surface area contributed by atoms with Gasteiger partial charge in [0.1, 0.15) is 0 Å². The molecular formula is C13H28N2O. The highest BCUT2D eigenvalue weighted by atomic mass is 16.3. The average Bonchev–Trinajstić information content (AvgIpc) is 2.21. The molecule has 96 valence electrons. The summed E-state index contributed by atoms with van der Waals surface area (Å²) in [7, 11) is 0. The first-order chi connectivity index (χ1) is 7.45. The van der Waals surface area contributed by atoms with Crippen molar-refractivity contribution in [3.05, 3.63) is 0 Å². The van der Waals surface area contributed by atoms with Gasteiger partial charge in [-0.2, -0.15) is 0 Å². The molecule has 1 unspecified atom stereocenters. The fourth-order valence-corrected chi connectivity index (χ4v) is 2.12. The molecule has 1 N–H and O–H groups in total. The summed E-state index contributed by atoms with van der Waals surface area (Å²) in [6, 6.07) is 0. The molecule has 1 saturated heterocycles. The predicted octanol–water partition coefficient (Wildman–Crippen LogP) is 1.42.